The monoisotopic (exact) mass is 337 g/mol. The Bertz CT molecular complexity index is 734. The van der Waals surface area contributed by atoms with Crippen LogP contribution < -0.4 is 10.1 Å². The van der Waals surface area contributed by atoms with Crippen LogP contribution in [0.25, 0.3) is 0 Å². The highest BCUT2D eigenvalue weighted by atomic mass is 16.5. The van der Waals surface area contributed by atoms with Gasteiger partial charge in [-0.1, -0.05) is 31.9 Å². The number of ether oxygens (including phenoxy) is 1. The summed E-state index contributed by atoms with van der Waals surface area (Å²) in [4.78, 5) is 12.6. The molecule has 3 heteroatoms. The van der Waals surface area contributed by atoms with Crippen molar-refractivity contribution in [1.29, 1.82) is 0 Å². The highest BCUT2D eigenvalue weighted by Crippen LogP contribution is 2.32. The standard InChI is InChI=1S/C22H27NO2/c1-3-7-16-10-12-17(13-11-16)22(24)23-20-14-18-8-5-4-6-9-19(18)15-21(20)25-2/h10-15H,3-9H2,1-2H3,(H,23,24). The molecule has 0 bridgehead atoms. The lowest BCUT2D eigenvalue weighted by Gasteiger charge is -2.15. The van der Waals surface area contributed by atoms with Crippen LogP contribution in [0.4, 0.5) is 5.69 Å². The molecule has 3 nitrogen and oxygen atoms in total. The number of amides is 1. The highest BCUT2D eigenvalue weighted by molar-refractivity contribution is 6.05. The minimum absolute atomic E-state index is 0.0880. The summed E-state index contributed by atoms with van der Waals surface area (Å²) >= 11 is 0. The first-order chi connectivity index (χ1) is 12.2. The van der Waals surface area contributed by atoms with Crippen LogP contribution in [-0.2, 0) is 19.3 Å². The van der Waals surface area contributed by atoms with E-state index in [4.69, 9.17) is 4.74 Å². The van der Waals surface area contributed by atoms with Crippen molar-refractivity contribution in [3.63, 3.8) is 0 Å². The molecular formula is C22H27NO2. The lowest BCUT2D eigenvalue weighted by atomic mass is 10.0. The zero-order valence-electron chi connectivity index (χ0n) is 15.2. The SMILES string of the molecule is CCCc1ccc(C(=O)Nc2cc3c(cc2OC)CCCCC3)cc1. The van der Waals surface area contributed by atoms with Gasteiger partial charge in [0.25, 0.3) is 5.91 Å². The summed E-state index contributed by atoms with van der Waals surface area (Å²) in [6.45, 7) is 2.16. The molecule has 1 aliphatic carbocycles. The van der Waals surface area contributed by atoms with Crippen molar-refractivity contribution in [2.45, 2.75) is 51.9 Å². The fourth-order valence-corrected chi connectivity index (χ4v) is 3.51. The molecule has 0 saturated carbocycles. The molecule has 0 heterocycles. The average Bonchev–Trinajstić information content (AvgIpc) is 2.86. The molecule has 1 N–H and O–H groups in total. The van der Waals surface area contributed by atoms with E-state index in [1.807, 2.05) is 24.3 Å². The van der Waals surface area contributed by atoms with Crippen molar-refractivity contribution in [1.82, 2.24) is 0 Å². The maximum Gasteiger partial charge on any atom is 0.255 e. The third-order valence-corrected chi connectivity index (χ3v) is 4.92. The van der Waals surface area contributed by atoms with E-state index in [1.54, 1.807) is 7.11 Å². The number of methoxy groups -OCH3 is 1. The van der Waals surface area contributed by atoms with Crippen molar-refractivity contribution >= 4 is 11.6 Å². The summed E-state index contributed by atoms with van der Waals surface area (Å²) in [5.74, 6) is 0.659. The molecule has 0 unspecified atom stereocenters. The normalized spacial score (nSPS) is 13.7. The first-order valence-electron chi connectivity index (χ1n) is 9.31. The Labute approximate surface area is 150 Å². The zero-order chi connectivity index (χ0) is 17.6. The van der Waals surface area contributed by atoms with Gasteiger partial charge in [-0.2, -0.15) is 0 Å². The topological polar surface area (TPSA) is 38.3 Å². The van der Waals surface area contributed by atoms with Gasteiger partial charge in [0.2, 0.25) is 0 Å². The molecule has 132 valence electrons. The molecule has 0 atom stereocenters. The number of benzene rings is 2. The summed E-state index contributed by atoms with van der Waals surface area (Å²) < 4.78 is 5.53. The van der Waals surface area contributed by atoms with Gasteiger partial charge in [0.15, 0.2) is 0 Å². The Hall–Kier alpha value is -2.29. The van der Waals surface area contributed by atoms with Crippen LogP contribution in [0.15, 0.2) is 36.4 Å². The van der Waals surface area contributed by atoms with Gasteiger partial charge < -0.3 is 10.1 Å². The van der Waals surface area contributed by atoms with Gasteiger partial charge in [0, 0.05) is 5.56 Å². The molecule has 2 aromatic rings. The van der Waals surface area contributed by atoms with Crippen LogP contribution >= 0.6 is 0 Å². The van der Waals surface area contributed by atoms with Crippen molar-refractivity contribution in [3.8, 4) is 5.75 Å². The van der Waals surface area contributed by atoms with Crippen LogP contribution in [0.5, 0.6) is 5.75 Å². The van der Waals surface area contributed by atoms with E-state index in [-0.39, 0.29) is 5.91 Å². The van der Waals surface area contributed by atoms with Crippen LogP contribution in [0.2, 0.25) is 0 Å². The van der Waals surface area contributed by atoms with Gasteiger partial charge in [-0.05, 0) is 73.1 Å². The maximum absolute atomic E-state index is 12.6. The van der Waals surface area contributed by atoms with Gasteiger partial charge in [-0.25, -0.2) is 0 Å². The smallest absolute Gasteiger partial charge is 0.255 e. The summed E-state index contributed by atoms with van der Waals surface area (Å²) in [7, 11) is 1.66. The van der Waals surface area contributed by atoms with E-state index in [2.05, 4.69) is 24.4 Å². The van der Waals surface area contributed by atoms with E-state index >= 15 is 0 Å². The predicted octanol–water partition coefficient (Wildman–Crippen LogP) is 5.17. The predicted molar refractivity (Wildman–Crippen MR) is 103 cm³/mol. The Kier molecular flexibility index (Phi) is 5.75. The Balaban J connectivity index is 1.81. The first kappa shape index (κ1) is 17.5. The van der Waals surface area contributed by atoms with Gasteiger partial charge in [0.1, 0.15) is 5.75 Å². The number of rotatable bonds is 5. The van der Waals surface area contributed by atoms with E-state index < -0.39 is 0 Å². The fourth-order valence-electron chi connectivity index (χ4n) is 3.51. The maximum atomic E-state index is 12.6. The number of carbonyl (C=O) groups excluding carboxylic acids is 1. The Morgan fingerprint density at radius 3 is 2.36 bits per heavy atom. The largest absolute Gasteiger partial charge is 0.495 e. The molecule has 25 heavy (non-hydrogen) atoms. The van der Waals surface area contributed by atoms with Gasteiger partial charge >= 0.3 is 0 Å². The van der Waals surface area contributed by atoms with Crippen molar-refractivity contribution in [2.24, 2.45) is 0 Å². The summed E-state index contributed by atoms with van der Waals surface area (Å²) in [6.07, 6.45) is 8.03. The molecule has 1 amide bonds. The number of nitrogens with one attached hydrogen (secondary N) is 1. The third kappa shape index (κ3) is 4.22. The van der Waals surface area contributed by atoms with E-state index in [0.29, 0.717) is 5.56 Å². The molecule has 0 aromatic heterocycles. The lowest BCUT2D eigenvalue weighted by molar-refractivity contribution is 0.102. The van der Waals surface area contributed by atoms with Crippen LogP contribution in [0.1, 0.15) is 59.7 Å². The van der Waals surface area contributed by atoms with Gasteiger partial charge in [-0.15, -0.1) is 0 Å². The molecule has 1 aliphatic rings. The number of carbonyl (C=O) groups is 1. The fraction of sp³-hybridized carbons (Fsp3) is 0.409. The minimum Gasteiger partial charge on any atom is -0.495 e. The van der Waals surface area contributed by atoms with E-state index in [0.717, 1.165) is 37.1 Å². The van der Waals surface area contributed by atoms with Gasteiger partial charge in [-0.3, -0.25) is 4.79 Å². The number of hydrogen-bond donors (Lipinski definition) is 1. The minimum atomic E-state index is -0.0880. The molecule has 0 aliphatic heterocycles. The summed E-state index contributed by atoms with van der Waals surface area (Å²) in [5, 5.41) is 3.04. The van der Waals surface area contributed by atoms with E-state index in [1.165, 1.54) is 36.0 Å². The molecule has 3 rings (SSSR count). The molecule has 0 fully saturated rings. The van der Waals surface area contributed by atoms with Crippen molar-refractivity contribution in [2.75, 3.05) is 12.4 Å². The second kappa shape index (κ2) is 8.19. The number of aryl methyl sites for hydroxylation is 3. The average molecular weight is 337 g/mol. The zero-order valence-corrected chi connectivity index (χ0v) is 15.2. The number of fused-ring (bicyclic) bond motifs is 1. The number of anilines is 1. The number of hydrogen-bond acceptors (Lipinski definition) is 2. The highest BCUT2D eigenvalue weighted by Gasteiger charge is 2.15. The van der Waals surface area contributed by atoms with E-state index in [9.17, 15) is 4.79 Å². The molecule has 0 saturated heterocycles. The molecule has 0 spiro atoms. The summed E-state index contributed by atoms with van der Waals surface area (Å²) in [6, 6.07) is 12.1. The summed E-state index contributed by atoms with van der Waals surface area (Å²) in [5.41, 5.74) is 5.41. The van der Waals surface area contributed by atoms with Crippen molar-refractivity contribution in [3.05, 3.63) is 58.7 Å². The van der Waals surface area contributed by atoms with Crippen LogP contribution in [-0.4, -0.2) is 13.0 Å². The third-order valence-electron chi connectivity index (χ3n) is 4.92. The van der Waals surface area contributed by atoms with Crippen molar-refractivity contribution < 1.29 is 9.53 Å². The molecule has 0 radical (unpaired) electrons. The van der Waals surface area contributed by atoms with Crippen LogP contribution in [0.3, 0.4) is 0 Å². The van der Waals surface area contributed by atoms with Crippen LogP contribution in [0, 0.1) is 0 Å². The lowest BCUT2D eigenvalue weighted by Crippen LogP contribution is -2.13. The molecular weight excluding hydrogens is 310 g/mol. The second-order valence-electron chi connectivity index (χ2n) is 6.78. The second-order valence-corrected chi connectivity index (χ2v) is 6.78. The first-order valence-corrected chi connectivity index (χ1v) is 9.31. The Morgan fingerprint density at radius 1 is 1.04 bits per heavy atom. The molecule has 2 aromatic carbocycles. The van der Waals surface area contributed by atoms with Gasteiger partial charge in [0.05, 0.1) is 12.8 Å². The Morgan fingerprint density at radius 2 is 1.72 bits per heavy atom. The quantitative estimate of drug-likeness (QED) is 0.765.